The predicted octanol–water partition coefficient (Wildman–Crippen LogP) is 0.921. The van der Waals surface area contributed by atoms with E-state index in [1.165, 1.54) is 32.2 Å². The Balaban J connectivity index is 1.58. The number of hydrogen-bond acceptors (Lipinski definition) is 14. The fourth-order valence-electron chi connectivity index (χ4n) is 6.23. The molecule has 14 nitrogen and oxygen atoms in total. The van der Waals surface area contributed by atoms with Crippen LogP contribution in [0.5, 0.6) is 17.2 Å². The van der Waals surface area contributed by atoms with Gasteiger partial charge in [0.25, 0.3) is 0 Å². The number of methoxy groups -OCH3 is 1. The summed E-state index contributed by atoms with van der Waals surface area (Å²) in [5.74, 6) is -5.09. The molecule has 0 amide bonds. The van der Waals surface area contributed by atoms with Crippen molar-refractivity contribution in [3.8, 4) is 17.2 Å². The number of fused-ring (bicyclic) bond motifs is 3. The van der Waals surface area contributed by atoms with Gasteiger partial charge in [0, 0.05) is 48.4 Å². The summed E-state index contributed by atoms with van der Waals surface area (Å²) >= 11 is 0. The number of carbonyl (C=O) groups excluding carboxylic acids is 5. The lowest BCUT2D eigenvalue weighted by atomic mass is 9.72. The van der Waals surface area contributed by atoms with Crippen molar-refractivity contribution in [3.63, 3.8) is 0 Å². The molecule has 5 rings (SSSR count). The summed E-state index contributed by atoms with van der Waals surface area (Å²) in [6.07, 6.45) is -5.95. The van der Waals surface area contributed by atoms with E-state index >= 15 is 0 Å². The van der Waals surface area contributed by atoms with Crippen LogP contribution in [0.15, 0.2) is 18.2 Å². The van der Waals surface area contributed by atoms with Gasteiger partial charge in [-0.1, -0.05) is 12.1 Å². The van der Waals surface area contributed by atoms with Crippen molar-refractivity contribution in [2.45, 2.75) is 82.2 Å². The normalized spacial score (nSPS) is 26.9. The predicted molar refractivity (Wildman–Crippen MR) is 156 cm³/mol. The topological polar surface area (TPSA) is 229 Å². The number of ketones is 4. The lowest BCUT2D eigenvalue weighted by Gasteiger charge is -2.42. The van der Waals surface area contributed by atoms with Gasteiger partial charge in [0.15, 0.2) is 18.7 Å². The minimum absolute atomic E-state index is 0.0306. The zero-order valence-electron chi connectivity index (χ0n) is 25.4. The standard InChI is InChI=1S/C32H35NO13/c1-13(34)7-8-21(36)44-12-20(35)32(42)10-16-24(19(11-32)46-22-9-17(33)27(37)14(2)45-22)31(41)26-25(29(16)39)28(38)15-5-4-6-18(43-3)23(15)30(26)40/h4-6,14,17,19,22,27,37,39,41-42H,7-12,33H2,1-3H3/t14-,17-,19-,22-,27+,32-/m0/s1. The van der Waals surface area contributed by atoms with E-state index in [4.69, 9.17) is 24.7 Å². The van der Waals surface area contributed by atoms with Gasteiger partial charge >= 0.3 is 5.97 Å². The maximum Gasteiger partial charge on any atom is 0.306 e. The molecule has 246 valence electrons. The fourth-order valence-corrected chi connectivity index (χ4v) is 6.23. The number of Topliss-reactive ketones (excluding diaryl/α,β-unsaturated/α-hetero) is 2. The van der Waals surface area contributed by atoms with E-state index in [2.05, 4.69) is 0 Å². The van der Waals surface area contributed by atoms with Crippen LogP contribution >= 0.6 is 0 Å². The zero-order valence-corrected chi connectivity index (χ0v) is 25.4. The Morgan fingerprint density at radius 1 is 1.07 bits per heavy atom. The van der Waals surface area contributed by atoms with Gasteiger partial charge in [-0.05, 0) is 19.9 Å². The lowest BCUT2D eigenvalue weighted by molar-refractivity contribution is -0.247. The quantitative estimate of drug-likeness (QED) is 0.162. The van der Waals surface area contributed by atoms with Crippen LogP contribution in [0.2, 0.25) is 0 Å². The zero-order chi connectivity index (χ0) is 33.7. The molecule has 0 bridgehead atoms. The molecule has 2 aliphatic carbocycles. The summed E-state index contributed by atoms with van der Waals surface area (Å²) in [7, 11) is 1.31. The van der Waals surface area contributed by atoms with E-state index in [9.17, 15) is 44.4 Å². The van der Waals surface area contributed by atoms with Crippen molar-refractivity contribution in [1.82, 2.24) is 0 Å². The molecule has 3 aliphatic rings. The number of aliphatic hydroxyl groups is 2. The fraction of sp³-hybridized carbons (Fsp3) is 0.469. The number of phenolic OH excluding ortho intramolecular Hbond substituents is 2. The van der Waals surface area contributed by atoms with E-state index in [0.717, 1.165) is 0 Å². The molecule has 6 N–H and O–H groups in total. The number of rotatable bonds is 9. The number of esters is 1. The highest BCUT2D eigenvalue weighted by Crippen LogP contribution is 2.52. The Morgan fingerprint density at radius 2 is 1.76 bits per heavy atom. The first-order chi connectivity index (χ1) is 21.7. The molecule has 0 spiro atoms. The first-order valence-corrected chi connectivity index (χ1v) is 14.7. The van der Waals surface area contributed by atoms with Gasteiger partial charge in [0.1, 0.15) is 28.6 Å². The highest BCUT2D eigenvalue weighted by molar-refractivity contribution is 6.31. The third-order valence-corrected chi connectivity index (χ3v) is 8.71. The van der Waals surface area contributed by atoms with Gasteiger partial charge in [-0.2, -0.15) is 0 Å². The molecule has 14 heteroatoms. The summed E-state index contributed by atoms with van der Waals surface area (Å²) < 4.78 is 22.1. The van der Waals surface area contributed by atoms with Crippen LogP contribution < -0.4 is 10.5 Å². The van der Waals surface area contributed by atoms with E-state index in [-0.39, 0.29) is 53.0 Å². The number of hydrogen-bond donors (Lipinski definition) is 5. The molecule has 0 aromatic heterocycles. The molecule has 1 fully saturated rings. The van der Waals surface area contributed by atoms with E-state index in [1.807, 2.05) is 0 Å². The van der Waals surface area contributed by atoms with E-state index in [0.29, 0.717) is 0 Å². The minimum Gasteiger partial charge on any atom is -0.507 e. The molecule has 6 atom stereocenters. The Hall–Kier alpha value is -4.21. The van der Waals surface area contributed by atoms with E-state index < -0.39 is 102 Å². The maximum absolute atomic E-state index is 13.8. The molecule has 0 radical (unpaired) electrons. The number of aromatic hydroxyl groups is 2. The molecular weight excluding hydrogens is 606 g/mol. The number of carbonyl (C=O) groups is 5. The van der Waals surface area contributed by atoms with Gasteiger partial charge in [-0.25, -0.2) is 0 Å². The van der Waals surface area contributed by atoms with Crippen molar-refractivity contribution < 1.29 is 63.3 Å². The van der Waals surface area contributed by atoms with Crippen LogP contribution in [-0.4, -0.2) is 93.4 Å². The Labute approximate surface area is 263 Å². The first-order valence-electron chi connectivity index (χ1n) is 14.7. The number of benzene rings is 2. The highest BCUT2D eigenvalue weighted by Gasteiger charge is 2.50. The third kappa shape index (κ3) is 5.78. The Bertz CT molecular complexity index is 1620. The molecule has 1 aliphatic heterocycles. The minimum atomic E-state index is -2.36. The third-order valence-electron chi connectivity index (χ3n) is 8.71. The molecule has 2 aromatic carbocycles. The summed E-state index contributed by atoms with van der Waals surface area (Å²) in [6.45, 7) is 1.97. The average Bonchev–Trinajstić information content (AvgIpc) is 3.01. The van der Waals surface area contributed by atoms with Gasteiger partial charge < -0.3 is 49.9 Å². The van der Waals surface area contributed by atoms with Crippen LogP contribution in [0, 0.1) is 0 Å². The van der Waals surface area contributed by atoms with Crippen molar-refractivity contribution in [2.24, 2.45) is 5.73 Å². The van der Waals surface area contributed by atoms with E-state index in [1.54, 1.807) is 6.92 Å². The number of nitrogens with two attached hydrogens (primary N) is 1. The molecule has 2 aromatic rings. The first kappa shape index (κ1) is 33.2. The van der Waals surface area contributed by atoms with Crippen LogP contribution in [0.4, 0.5) is 0 Å². The number of ether oxygens (including phenoxy) is 4. The monoisotopic (exact) mass is 641 g/mol. The van der Waals surface area contributed by atoms with Crippen molar-refractivity contribution in [3.05, 3.63) is 51.6 Å². The second kappa shape index (κ2) is 12.5. The van der Waals surface area contributed by atoms with Crippen LogP contribution in [0.25, 0.3) is 0 Å². The second-order valence-corrected chi connectivity index (χ2v) is 11.9. The molecule has 0 saturated carbocycles. The Morgan fingerprint density at radius 3 is 2.41 bits per heavy atom. The Kier molecular flexibility index (Phi) is 9.03. The molecular formula is C32H35NO13. The van der Waals surface area contributed by atoms with Gasteiger partial charge in [-0.15, -0.1) is 0 Å². The molecule has 46 heavy (non-hydrogen) atoms. The average molecular weight is 642 g/mol. The molecule has 1 heterocycles. The SMILES string of the molecule is COc1cccc2c1C(=O)c1c(O)c3c(c(O)c1C2=O)C[C@@](O)(C(=O)COC(=O)CCC(C)=O)C[C@@H]3O[C@H]1C[C@H](N)[C@H](O)[C@H](C)O1. The highest BCUT2D eigenvalue weighted by atomic mass is 16.7. The summed E-state index contributed by atoms with van der Waals surface area (Å²) in [5.41, 5.74) is 2.05. The van der Waals surface area contributed by atoms with Gasteiger partial charge in [0.05, 0.1) is 48.5 Å². The second-order valence-electron chi connectivity index (χ2n) is 11.9. The summed E-state index contributed by atoms with van der Waals surface area (Å²) in [5, 5.41) is 45.1. The maximum atomic E-state index is 13.8. The van der Waals surface area contributed by atoms with Gasteiger partial charge in [-0.3, -0.25) is 19.2 Å². The van der Waals surface area contributed by atoms with Crippen molar-refractivity contribution in [2.75, 3.05) is 13.7 Å². The van der Waals surface area contributed by atoms with Crippen LogP contribution in [-0.2, 0) is 35.0 Å². The number of aliphatic hydroxyl groups excluding tert-OH is 1. The molecule has 0 unspecified atom stereocenters. The lowest BCUT2D eigenvalue weighted by Crippen LogP contribution is -2.53. The summed E-state index contributed by atoms with van der Waals surface area (Å²) in [6, 6.07) is 3.53. The number of phenols is 2. The van der Waals surface area contributed by atoms with Crippen LogP contribution in [0.1, 0.15) is 88.6 Å². The molecule has 1 saturated heterocycles. The van der Waals surface area contributed by atoms with Crippen molar-refractivity contribution in [1.29, 1.82) is 0 Å². The summed E-state index contributed by atoms with van der Waals surface area (Å²) in [4.78, 5) is 64.2. The van der Waals surface area contributed by atoms with Crippen LogP contribution in [0.3, 0.4) is 0 Å². The largest absolute Gasteiger partial charge is 0.507 e. The van der Waals surface area contributed by atoms with Crippen molar-refractivity contribution >= 4 is 29.1 Å². The van der Waals surface area contributed by atoms with Gasteiger partial charge in [0.2, 0.25) is 11.6 Å². The smallest absolute Gasteiger partial charge is 0.306 e.